The average molecular weight is 551 g/mol. The summed E-state index contributed by atoms with van der Waals surface area (Å²) in [5.74, 6) is 0.0524. The number of ether oxygens (including phenoxy) is 4. The largest absolute Gasteiger partial charge is 0.497 e. The number of amides is 4. The molecule has 4 aromatic rings. The fraction of sp³-hybridized carbons (Fsp3) is 0.0968. The summed E-state index contributed by atoms with van der Waals surface area (Å²) in [5.41, 5.74) is 1.81. The predicted molar refractivity (Wildman–Crippen MR) is 147 cm³/mol. The minimum Gasteiger partial charge on any atom is -0.497 e. The number of hydrogen-bond donors (Lipinski definition) is 0. The first-order valence-corrected chi connectivity index (χ1v) is 12.5. The highest BCUT2D eigenvalue weighted by atomic mass is 16.7. The number of carbonyl (C=O) groups is 4. The van der Waals surface area contributed by atoms with Gasteiger partial charge in [-0.2, -0.15) is 0 Å². The highest BCUT2D eigenvalue weighted by Crippen LogP contribution is 2.33. The second kappa shape index (κ2) is 10.2. The van der Waals surface area contributed by atoms with Crippen LogP contribution in [0.3, 0.4) is 0 Å². The molecule has 2 aliphatic heterocycles. The molecule has 41 heavy (non-hydrogen) atoms. The van der Waals surface area contributed by atoms with Crippen LogP contribution in [0, 0.1) is 0 Å². The molecule has 0 N–H and O–H groups in total. The van der Waals surface area contributed by atoms with Gasteiger partial charge >= 0.3 is 0 Å². The minimum absolute atomic E-state index is 0.212. The summed E-state index contributed by atoms with van der Waals surface area (Å²) in [6.45, 7) is -0.244. The number of carbonyl (C=O) groups excluding carboxylic acids is 4. The van der Waals surface area contributed by atoms with Gasteiger partial charge in [-0.25, -0.2) is 9.80 Å². The van der Waals surface area contributed by atoms with Gasteiger partial charge in [0.25, 0.3) is 23.6 Å². The molecule has 204 valence electrons. The molecule has 10 heteroatoms. The molecule has 10 nitrogen and oxygen atoms in total. The van der Waals surface area contributed by atoms with E-state index in [2.05, 4.69) is 0 Å². The normalized spacial score (nSPS) is 13.8. The van der Waals surface area contributed by atoms with Crippen LogP contribution in [-0.4, -0.2) is 44.6 Å². The molecular formula is C31H22N2O8. The molecule has 0 spiro atoms. The fourth-order valence-electron chi connectivity index (χ4n) is 4.72. The molecule has 0 saturated heterocycles. The molecule has 4 aromatic carbocycles. The zero-order chi connectivity index (χ0) is 28.7. The van der Waals surface area contributed by atoms with Crippen molar-refractivity contribution >= 4 is 35.0 Å². The molecule has 0 unspecified atom stereocenters. The van der Waals surface area contributed by atoms with Gasteiger partial charge < -0.3 is 18.9 Å². The monoisotopic (exact) mass is 550 g/mol. The van der Waals surface area contributed by atoms with Crippen molar-refractivity contribution in [3.63, 3.8) is 0 Å². The third-order valence-corrected chi connectivity index (χ3v) is 6.83. The molecule has 0 aliphatic carbocycles. The zero-order valence-electron chi connectivity index (χ0n) is 22.0. The lowest BCUT2D eigenvalue weighted by Gasteiger charge is -2.14. The zero-order valence-corrected chi connectivity index (χ0v) is 22.0. The molecule has 2 heterocycles. The first-order chi connectivity index (χ1) is 19.9. The molecule has 0 bridgehead atoms. The van der Waals surface area contributed by atoms with Gasteiger partial charge in [0.1, 0.15) is 23.0 Å². The van der Waals surface area contributed by atoms with E-state index in [0.29, 0.717) is 34.4 Å². The average Bonchev–Trinajstić information content (AvgIpc) is 3.40. The topological polar surface area (TPSA) is 112 Å². The van der Waals surface area contributed by atoms with Crippen LogP contribution in [0.1, 0.15) is 41.4 Å². The van der Waals surface area contributed by atoms with E-state index in [0.717, 1.165) is 9.80 Å². The number of hydrogen-bond acceptors (Lipinski definition) is 8. The van der Waals surface area contributed by atoms with E-state index < -0.39 is 23.6 Å². The number of anilines is 2. The Morgan fingerprint density at radius 1 is 0.463 bits per heavy atom. The van der Waals surface area contributed by atoms with Crippen molar-refractivity contribution in [2.45, 2.75) is 0 Å². The van der Waals surface area contributed by atoms with E-state index in [9.17, 15) is 19.2 Å². The van der Waals surface area contributed by atoms with E-state index in [1.54, 1.807) is 60.7 Å². The van der Waals surface area contributed by atoms with Crippen LogP contribution < -0.4 is 28.7 Å². The van der Waals surface area contributed by atoms with Gasteiger partial charge in [0.05, 0.1) is 47.8 Å². The summed E-state index contributed by atoms with van der Waals surface area (Å²) in [7, 11) is 3.06. The van der Waals surface area contributed by atoms with E-state index >= 15 is 0 Å². The highest BCUT2D eigenvalue weighted by molar-refractivity contribution is 6.35. The van der Waals surface area contributed by atoms with Gasteiger partial charge in [0.15, 0.2) is 0 Å². The number of fused-ring (bicyclic) bond motifs is 2. The van der Waals surface area contributed by atoms with Crippen molar-refractivity contribution in [3.8, 4) is 23.0 Å². The quantitative estimate of drug-likeness (QED) is 0.229. The number of methoxy groups -OCH3 is 2. The van der Waals surface area contributed by atoms with Gasteiger partial charge in [-0.05, 0) is 84.9 Å². The first-order valence-electron chi connectivity index (χ1n) is 12.5. The SMILES string of the molecule is COc1ccc(N2C(=O)c3ccc(OCOc4ccc5c(c4)C(=O)N(c4ccc(OC)cc4)C5=O)cc3C2=O)cc1. The van der Waals surface area contributed by atoms with Crippen LogP contribution >= 0.6 is 0 Å². The summed E-state index contributed by atoms with van der Waals surface area (Å²) >= 11 is 0. The van der Waals surface area contributed by atoms with Crippen LogP contribution in [0.2, 0.25) is 0 Å². The lowest BCUT2D eigenvalue weighted by molar-refractivity contribution is 0.0910. The van der Waals surface area contributed by atoms with E-state index in [1.807, 2.05) is 0 Å². The second-order valence-corrected chi connectivity index (χ2v) is 9.11. The smallest absolute Gasteiger partial charge is 0.266 e. The molecule has 4 amide bonds. The lowest BCUT2D eigenvalue weighted by Crippen LogP contribution is -2.29. The maximum absolute atomic E-state index is 13.1. The highest BCUT2D eigenvalue weighted by Gasteiger charge is 2.38. The van der Waals surface area contributed by atoms with Crippen molar-refractivity contribution in [2.24, 2.45) is 0 Å². The molecule has 0 aromatic heterocycles. The third kappa shape index (κ3) is 4.41. The van der Waals surface area contributed by atoms with Crippen LogP contribution in [0.4, 0.5) is 11.4 Å². The first kappa shape index (κ1) is 25.6. The van der Waals surface area contributed by atoms with Gasteiger partial charge in [-0.3, -0.25) is 19.2 Å². The van der Waals surface area contributed by atoms with Gasteiger partial charge in [-0.1, -0.05) is 0 Å². The molecule has 0 saturated carbocycles. The van der Waals surface area contributed by atoms with Crippen LogP contribution in [0.15, 0.2) is 84.9 Å². The molecule has 2 aliphatic rings. The minimum atomic E-state index is -0.468. The Morgan fingerprint density at radius 3 is 1.17 bits per heavy atom. The van der Waals surface area contributed by atoms with Gasteiger partial charge in [0, 0.05) is 0 Å². The van der Waals surface area contributed by atoms with Crippen molar-refractivity contribution in [3.05, 3.63) is 107 Å². The molecule has 6 rings (SSSR count). The van der Waals surface area contributed by atoms with Crippen molar-refractivity contribution in [1.29, 1.82) is 0 Å². The number of rotatable bonds is 8. The molecule has 0 atom stereocenters. The van der Waals surface area contributed by atoms with Gasteiger partial charge in [0.2, 0.25) is 6.79 Å². The third-order valence-electron chi connectivity index (χ3n) is 6.83. The van der Waals surface area contributed by atoms with E-state index in [4.69, 9.17) is 18.9 Å². The number of benzene rings is 4. The summed E-state index contributed by atoms with van der Waals surface area (Å²) in [5, 5.41) is 0. The number of nitrogens with zero attached hydrogens (tertiary/aromatic N) is 2. The van der Waals surface area contributed by atoms with Crippen LogP contribution in [0.5, 0.6) is 23.0 Å². The Bertz CT molecular complexity index is 1590. The number of imide groups is 2. The maximum Gasteiger partial charge on any atom is 0.266 e. The van der Waals surface area contributed by atoms with Crippen molar-refractivity contribution < 1.29 is 38.1 Å². The predicted octanol–water partition coefficient (Wildman–Crippen LogP) is 4.72. The lowest BCUT2D eigenvalue weighted by atomic mass is 10.1. The van der Waals surface area contributed by atoms with E-state index in [1.165, 1.54) is 38.5 Å². The maximum atomic E-state index is 13.1. The van der Waals surface area contributed by atoms with E-state index in [-0.39, 0.29) is 29.0 Å². The summed E-state index contributed by atoms with van der Waals surface area (Å²) < 4.78 is 21.6. The second-order valence-electron chi connectivity index (χ2n) is 9.11. The Labute approximate surface area is 234 Å². The Hall–Kier alpha value is -5.64. The Kier molecular flexibility index (Phi) is 6.35. The molecule has 0 fully saturated rings. The van der Waals surface area contributed by atoms with Crippen molar-refractivity contribution in [1.82, 2.24) is 0 Å². The molecular weight excluding hydrogens is 528 g/mol. The summed E-state index contributed by atoms with van der Waals surface area (Å²) in [6, 6.07) is 22.4. The van der Waals surface area contributed by atoms with Gasteiger partial charge in [-0.15, -0.1) is 0 Å². The van der Waals surface area contributed by atoms with Crippen LogP contribution in [0.25, 0.3) is 0 Å². The fourth-order valence-corrected chi connectivity index (χ4v) is 4.72. The standard InChI is InChI=1S/C31H22N2O8/c1-38-20-7-3-18(4-8-20)32-28(34)24-13-11-22(15-26(24)30(32)36)40-17-41-23-12-14-25-27(16-23)31(37)33(29(25)35)19-5-9-21(39-2)10-6-19/h3-16H,17H2,1-2H3. The van der Waals surface area contributed by atoms with Crippen LogP contribution in [-0.2, 0) is 0 Å². The van der Waals surface area contributed by atoms with Crippen molar-refractivity contribution in [2.75, 3.05) is 30.8 Å². The molecule has 0 radical (unpaired) electrons. The Morgan fingerprint density at radius 2 is 0.805 bits per heavy atom. The summed E-state index contributed by atoms with van der Waals surface area (Å²) in [6.07, 6.45) is 0. The Balaban J connectivity index is 1.13. The summed E-state index contributed by atoms with van der Waals surface area (Å²) in [4.78, 5) is 54.1.